The summed E-state index contributed by atoms with van der Waals surface area (Å²) in [5, 5.41) is 3.89. The summed E-state index contributed by atoms with van der Waals surface area (Å²) in [6, 6.07) is 16.7. The molecule has 2 N–H and O–H groups in total. The molecule has 0 bridgehead atoms. The second-order valence-corrected chi connectivity index (χ2v) is 5.07. The van der Waals surface area contributed by atoms with Gasteiger partial charge in [0.15, 0.2) is 0 Å². The molecule has 0 atom stereocenters. The minimum Gasteiger partial charge on any atom is -0.376 e. The molecule has 1 radical (unpaired) electrons. The molecule has 6 heteroatoms. The first-order chi connectivity index (χ1) is 11.7. The number of benzene rings is 2. The smallest absolute Gasteiger partial charge is 0.249 e. The number of nitrogens with zero attached hydrogens (tertiary/aromatic N) is 2. The van der Waals surface area contributed by atoms with E-state index < -0.39 is 5.91 Å². The van der Waals surface area contributed by atoms with Crippen molar-refractivity contribution in [3.05, 3.63) is 78.0 Å². The fourth-order valence-corrected chi connectivity index (χ4v) is 2.20. The van der Waals surface area contributed by atoms with Crippen molar-refractivity contribution in [2.75, 3.05) is 6.61 Å². The first-order valence-electron chi connectivity index (χ1n) is 7.42. The fourth-order valence-electron chi connectivity index (χ4n) is 2.20. The minimum absolute atomic E-state index is 0.318. The third kappa shape index (κ3) is 3.85. The average Bonchev–Trinajstić information content (AvgIpc) is 3.08. The topological polar surface area (TPSA) is 91.2 Å². The van der Waals surface area contributed by atoms with Crippen LogP contribution >= 0.6 is 0 Å². The van der Waals surface area contributed by atoms with Crippen LogP contribution in [0.2, 0.25) is 0 Å². The highest BCUT2D eigenvalue weighted by Gasteiger charge is 2.15. The Kier molecular flexibility index (Phi) is 4.98. The number of nitrogens with two attached hydrogens (primary N) is 1. The second kappa shape index (κ2) is 7.52. The molecule has 121 valence electrons. The Morgan fingerprint density at radius 3 is 2.67 bits per heavy atom. The first kappa shape index (κ1) is 15.9. The predicted molar refractivity (Wildman–Crippen MR) is 87.8 cm³/mol. The predicted octanol–water partition coefficient (Wildman–Crippen LogP) is 2.60. The van der Waals surface area contributed by atoms with E-state index >= 15 is 0 Å². The molecule has 0 aliphatic carbocycles. The molecular formula is C18H16N3O3. The molecule has 0 fully saturated rings. The zero-order chi connectivity index (χ0) is 16.8. The van der Waals surface area contributed by atoms with Crippen LogP contribution in [0.25, 0.3) is 11.4 Å². The Balaban J connectivity index is 1.59. The van der Waals surface area contributed by atoms with Gasteiger partial charge in [-0.15, -0.1) is 0 Å². The summed E-state index contributed by atoms with van der Waals surface area (Å²) in [5.74, 6) is 0.114. The maximum Gasteiger partial charge on any atom is 0.249 e. The van der Waals surface area contributed by atoms with Crippen molar-refractivity contribution >= 4 is 5.91 Å². The summed E-state index contributed by atoms with van der Waals surface area (Å²) in [7, 11) is 0. The van der Waals surface area contributed by atoms with Crippen molar-refractivity contribution in [3.8, 4) is 11.4 Å². The molecule has 3 rings (SSSR count). The third-order valence-electron chi connectivity index (χ3n) is 3.36. The lowest BCUT2D eigenvalue weighted by Gasteiger charge is -2.02. The molecule has 0 saturated heterocycles. The Morgan fingerprint density at radius 1 is 1.12 bits per heavy atom. The van der Waals surface area contributed by atoms with Crippen molar-refractivity contribution in [2.24, 2.45) is 5.73 Å². The van der Waals surface area contributed by atoms with Crippen LogP contribution in [0.3, 0.4) is 0 Å². The maximum atomic E-state index is 11.5. The average molecular weight is 322 g/mol. The molecule has 3 aromatic rings. The van der Waals surface area contributed by atoms with Crippen molar-refractivity contribution in [3.63, 3.8) is 0 Å². The van der Waals surface area contributed by atoms with Crippen LogP contribution < -0.4 is 5.73 Å². The molecule has 0 unspecified atom stereocenters. The SMILES string of the molecule is NC(=O)c1ccccc1-c1noc([CH]COCc2ccccc2)n1. The number of primary amides is 1. The van der Waals surface area contributed by atoms with Gasteiger partial charge < -0.3 is 15.0 Å². The fraction of sp³-hybridized carbons (Fsp3) is 0.111. The van der Waals surface area contributed by atoms with Crippen molar-refractivity contribution in [2.45, 2.75) is 6.61 Å². The first-order valence-corrected chi connectivity index (χ1v) is 7.42. The van der Waals surface area contributed by atoms with E-state index in [2.05, 4.69) is 10.1 Å². The van der Waals surface area contributed by atoms with Crippen molar-refractivity contribution < 1.29 is 14.1 Å². The highest BCUT2D eigenvalue weighted by molar-refractivity contribution is 5.98. The monoisotopic (exact) mass is 322 g/mol. The number of carbonyl (C=O) groups is 1. The van der Waals surface area contributed by atoms with Crippen LogP contribution in [-0.2, 0) is 11.3 Å². The number of aromatic nitrogens is 2. The number of ether oxygens (including phenoxy) is 1. The van der Waals surface area contributed by atoms with E-state index in [0.717, 1.165) is 5.56 Å². The lowest BCUT2D eigenvalue weighted by atomic mass is 10.1. The van der Waals surface area contributed by atoms with Gasteiger partial charge in [0.1, 0.15) is 0 Å². The number of amides is 1. The standard InChI is InChI=1S/C18H16N3O3/c19-17(22)14-8-4-5-9-15(14)18-20-16(24-21-18)10-11-23-12-13-6-2-1-3-7-13/h1-10H,11-12H2,(H2,19,22). The minimum atomic E-state index is -0.535. The molecule has 2 aromatic carbocycles. The largest absolute Gasteiger partial charge is 0.376 e. The van der Waals surface area contributed by atoms with Gasteiger partial charge in [0.05, 0.1) is 25.2 Å². The second-order valence-electron chi connectivity index (χ2n) is 5.07. The molecule has 1 heterocycles. The maximum absolute atomic E-state index is 11.5. The summed E-state index contributed by atoms with van der Waals surface area (Å²) in [5.41, 5.74) is 7.34. The van der Waals surface area contributed by atoms with Gasteiger partial charge in [0.25, 0.3) is 0 Å². The number of carbonyl (C=O) groups excluding carboxylic acids is 1. The van der Waals surface area contributed by atoms with Gasteiger partial charge in [0, 0.05) is 5.56 Å². The molecule has 0 aliphatic heterocycles. The van der Waals surface area contributed by atoms with E-state index in [1.165, 1.54) is 0 Å². The van der Waals surface area contributed by atoms with E-state index in [0.29, 0.717) is 36.1 Å². The van der Waals surface area contributed by atoms with Crippen LogP contribution in [-0.4, -0.2) is 22.7 Å². The van der Waals surface area contributed by atoms with Crippen molar-refractivity contribution in [1.82, 2.24) is 10.1 Å². The van der Waals surface area contributed by atoms with Gasteiger partial charge in [0.2, 0.25) is 17.6 Å². The Morgan fingerprint density at radius 2 is 1.88 bits per heavy atom. The van der Waals surface area contributed by atoms with Crippen LogP contribution in [0.4, 0.5) is 0 Å². The van der Waals surface area contributed by atoms with E-state index in [4.69, 9.17) is 15.0 Å². The Labute approximate surface area is 139 Å². The van der Waals surface area contributed by atoms with Gasteiger partial charge in [-0.25, -0.2) is 0 Å². The lowest BCUT2D eigenvalue weighted by Crippen LogP contribution is -2.12. The zero-order valence-electron chi connectivity index (χ0n) is 12.9. The summed E-state index contributed by atoms with van der Waals surface area (Å²) >= 11 is 0. The molecule has 0 aliphatic rings. The van der Waals surface area contributed by atoms with E-state index in [-0.39, 0.29) is 0 Å². The van der Waals surface area contributed by atoms with Crippen LogP contribution in [0.15, 0.2) is 59.1 Å². The third-order valence-corrected chi connectivity index (χ3v) is 3.36. The van der Waals surface area contributed by atoms with E-state index in [9.17, 15) is 4.79 Å². The Hall–Kier alpha value is -2.99. The molecule has 1 amide bonds. The molecule has 1 aromatic heterocycles. The van der Waals surface area contributed by atoms with Crippen LogP contribution in [0.5, 0.6) is 0 Å². The van der Waals surface area contributed by atoms with Gasteiger partial charge in [-0.3, -0.25) is 4.79 Å². The summed E-state index contributed by atoms with van der Waals surface area (Å²) in [6.07, 6.45) is 1.69. The van der Waals surface area contributed by atoms with Crippen molar-refractivity contribution in [1.29, 1.82) is 0 Å². The zero-order valence-corrected chi connectivity index (χ0v) is 12.9. The van der Waals surface area contributed by atoms with Gasteiger partial charge in [-0.1, -0.05) is 53.7 Å². The Bertz CT molecular complexity index is 815. The highest BCUT2D eigenvalue weighted by Crippen LogP contribution is 2.20. The molecular weight excluding hydrogens is 306 g/mol. The summed E-state index contributed by atoms with van der Waals surface area (Å²) in [4.78, 5) is 15.7. The normalized spacial score (nSPS) is 10.7. The van der Waals surface area contributed by atoms with Crippen LogP contribution in [0.1, 0.15) is 21.8 Å². The van der Waals surface area contributed by atoms with Gasteiger partial charge in [-0.05, 0) is 11.6 Å². The number of rotatable bonds is 7. The van der Waals surface area contributed by atoms with E-state index in [1.807, 2.05) is 30.3 Å². The molecule has 0 saturated carbocycles. The van der Waals surface area contributed by atoms with Crippen LogP contribution in [0, 0.1) is 6.42 Å². The van der Waals surface area contributed by atoms with Gasteiger partial charge in [-0.2, -0.15) is 4.98 Å². The summed E-state index contributed by atoms with van der Waals surface area (Å²) < 4.78 is 10.7. The molecule has 0 spiro atoms. The number of hydrogen-bond donors (Lipinski definition) is 1. The number of hydrogen-bond acceptors (Lipinski definition) is 5. The summed E-state index contributed by atoms with van der Waals surface area (Å²) in [6.45, 7) is 0.844. The quantitative estimate of drug-likeness (QED) is 0.675. The lowest BCUT2D eigenvalue weighted by molar-refractivity contribution is 0.100. The van der Waals surface area contributed by atoms with Gasteiger partial charge >= 0.3 is 0 Å². The molecule has 24 heavy (non-hydrogen) atoms. The highest BCUT2D eigenvalue weighted by atomic mass is 16.5. The van der Waals surface area contributed by atoms with E-state index in [1.54, 1.807) is 30.7 Å². The molecule has 6 nitrogen and oxygen atoms in total.